The summed E-state index contributed by atoms with van der Waals surface area (Å²) in [6.07, 6.45) is -13.3. The lowest BCUT2D eigenvalue weighted by atomic mass is 9.71. The number of hydrogen-bond donors (Lipinski definition) is 0. The van der Waals surface area contributed by atoms with Gasteiger partial charge in [-0.1, -0.05) is 25.5 Å². The molecule has 1 fully saturated rings. The molecule has 0 radical (unpaired) electrons. The summed E-state index contributed by atoms with van der Waals surface area (Å²) in [5, 5.41) is 0. The summed E-state index contributed by atoms with van der Waals surface area (Å²) in [4.78, 5) is 0. The van der Waals surface area contributed by atoms with E-state index in [-0.39, 0.29) is 0 Å². The van der Waals surface area contributed by atoms with Gasteiger partial charge in [0.15, 0.2) is 0 Å². The molecule has 0 aliphatic heterocycles. The Kier molecular flexibility index (Phi) is 0.597. The van der Waals surface area contributed by atoms with Crippen molar-refractivity contribution in [2.45, 2.75) is 45.7 Å². The molecular weight excluding hydrogens is 144 g/mol. The fourth-order valence-electron chi connectivity index (χ4n) is 1.19. The summed E-state index contributed by atoms with van der Waals surface area (Å²) in [5.41, 5.74) is -0.776. The summed E-state index contributed by atoms with van der Waals surface area (Å²) in [5.74, 6) is -8.05. The lowest BCUT2D eigenvalue weighted by Crippen LogP contribution is -2.21. The minimum absolute atomic E-state index is 0.776. The van der Waals surface area contributed by atoms with Crippen LogP contribution in [0.2, 0.25) is 0 Å². The average Bonchev–Trinajstić information content (AvgIpc) is 2.39. The van der Waals surface area contributed by atoms with Crippen LogP contribution in [-0.2, 0) is 0 Å². The van der Waals surface area contributed by atoms with E-state index in [0.29, 0.717) is 0 Å². The lowest BCUT2D eigenvalue weighted by Gasteiger charge is -2.34. The minimum atomic E-state index is -3.31. The van der Waals surface area contributed by atoms with Crippen LogP contribution in [0.15, 0.2) is 11.6 Å². The van der Waals surface area contributed by atoms with Crippen LogP contribution in [0.1, 0.15) is 62.2 Å². The normalized spacial score (nSPS) is 97.8. The van der Waals surface area contributed by atoms with Crippen molar-refractivity contribution in [3.8, 4) is 0 Å². The topological polar surface area (TPSA) is 0 Å². The van der Waals surface area contributed by atoms with Gasteiger partial charge in [-0.3, -0.25) is 0 Å². The third-order valence-electron chi connectivity index (χ3n) is 1.79. The Bertz CT molecular complexity index is 601. The summed E-state index contributed by atoms with van der Waals surface area (Å²) in [7, 11) is 0. The zero-order valence-electron chi connectivity index (χ0n) is 19.2. The lowest BCUT2D eigenvalue weighted by molar-refractivity contribution is 0.302. The second-order valence-electron chi connectivity index (χ2n) is 2.93. The van der Waals surface area contributed by atoms with Gasteiger partial charge in [0.05, 0.1) is 0 Å². The number of rotatable bonds is 0. The van der Waals surface area contributed by atoms with E-state index in [1.165, 1.54) is 0 Å². The Balaban J connectivity index is 3.00. The maximum absolute atomic E-state index is 8.53. The molecule has 2 aliphatic rings. The molecule has 0 amide bonds. The zero-order valence-corrected chi connectivity index (χ0v) is 7.15. The predicted molar refractivity (Wildman–Crippen MR) is 53.0 cm³/mol. The summed E-state index contributed by atoms with van der Waals surface area (Å²) in [6.45, 7) is 1.89. The minimum Gasteiger partial charge on any atom is -0.0848 e. The summed E-state index contributed by atoms with van der Waals surface area (Å²) in [6, 6.07) is 0. The Morgan fingerprint density at radius 3 is 3.08 bits per heavy atom. The first-order chi connectivity index (χ1) is 10.3. The Morgan fingerprint density at radius 1 is 1.42 bits per heavy atom. The Labute approximate surface area is 92.9 Å². The molecule has 0 N–H and O–H groups in total. The maximum atomic E-state index is 8.53. The smallest absolute Gasteiger partial charge is 0.0349 e. The maximum Gasteiger partial charge on any atom is 0.0349 e. The predicted octanol–water partition coefficient (Wildman–Crippen LogP) is 3.78. The molecule has 0 heterocycles. The summed E-state index contributed by atoms with van der Waals surface area (Å²) < 4.78 is 98.0. The van der Waals surface area contributed by atoms with Gasteiger partial charge in [0, 0.05) is 16.4 Å². The third-order valence-corrected chi connectivity index (χ3v) is 1.79. The van der Waals surface area contributed by atoms with Gasteiger partial charge in [-0.25, -0.2) is 0 Å². The molecule has 1 saturated carbocycles. The van der Waals surface area contributed by atoms with Gasteiger partial charge in [0.1, 0.15) is 0 Å². The molecule has 0 aromatic rings. The van der Waals surface area contributed by atoms with Crippen molar-refractivity contribution in [2.24, 2.45) is 17.7 Å². The second kappa shape index (κ2) is 3.24. The van der Waals surface area contributed by atoms with Crippen LogP contribution in [0.4, 0.5) is 0 Å². The number of fused-ring (bicyclic) bond motifs is 1. The largest absolute Gasteiger partial charge is 0.0848 e. The molecule has 0 saturated heterocycles. The van der Waals surface area contributed by atoms with Gasteiger partial charge in [0.25, 0.3) is 0 Å². The van der Waals surface area contributed by atoms with Crippen molar-refractivity contribution in [3.63, 3.8) is 0 Å². The Morgan fingerprint density at radius 2 is 2.25 bits per heavy atom. The zero-order chi connectivity index (χ0) is 19.4. The molecular formula is C12H20. The van der Waals surface area contributed by atoms with E-state index >= 15 is 0 Å². The molecule has 0 nitrogen and oxygen atoms in total. The first-order valence-corrected chi connectivity index (χ1v) is 3.91. The molecule has 4 atom stereocenters. The van der Waals surface area contributed by atoms with Crippen molar-refractivity contribution in [2.75, 3.05) is 0 Å². The van der Waals surface area contributed by atoms with E-state index in [4.69, 9.17) is 16.4 Å². The van der Waals surface area contributed by atoms with E-state index in [0.717, 1.165) is 19.9 Å². The first kappa shape index (κ1) is 2.21. The molecule has 0 heteroatoms. The van der Waals surface area contributed by atoms with Gasteiger partial charge < -0.3 is 0 Å². The monoisotopic (exact) mass is 176 g/mol. The van der Waals surface area contributed by atoms with Crippen molar-refractivity contribution in [1.82, 2.24) is 0 Å². The average molecular weight is 176 g/mol. The van der Waals surface area contributed by atoms with Gasteiger partial charge >= 0.3 is 0 Å². The van der Waals surface area contributed by atoms with Crippen LogP contribution >= 0.6 is 0 Å². The fraction of sp³-hybridized carbons (Fsp3) is 0.833. The van der Waals surface area contributed by atoms with E-state index in [2.05, 4.69) is 0 Å². The molecule has 0 bridgehead atoms. The van der Waals surface area contributed by atoms with Gasteiger partial charge in [0.2, 0.25) is 0 Å². The third kappa shape index (κ3) is 1.57. The first-order valence-electron chi connectivity index (χ1n) is 9.99. The molecule has 2 rings (SSSR count). The number of hydrogen-bond acceptors (Lipinski definition) is 0. The fourth-order valence-corrected chi connectivity index (χ4v) is 1.19. The SMILES string of the molecule is [2H]C1C=C2C([2H])([2H])C([2H])(C)C([2H])([2H])C([2H])([2H])C2([2H])C([2H])([2H])C1([2H])C. The molecule has 2 aliphatic carbocycles. The molecule has 0 spiro atoms. The van der Waals surface area contributed by atoms with Gasteiger partial charge in [-0.2, -0.15) is 0 Å². The van der Waals surface area contributed by atoms with Crippen molar-refractivity contribution in [3.05, 3.63) is 11.6 Å². The quantitative estimate of drug-likeness (QED) is 0.493. The van der Waals surface area contributed by atoms with Crippen LogP contribution in [0.5, 0.6) is 0 Å². The van der Waals surface area contributed by atoms with Crippen LogP contribution in [-0.4, -0.2) is 0 Å². The molecule has 4 unspecified atom stereocenters. The van der Waals surface area contributed by atoms with E-state index in [1.54, 1.807) is 0 Å². The van der Waals surface area contributed by atoms with Gasteiger partial charge in [-0.15, -0.1) is 0 Å². The van der Waals surface area contributed by atoms with Crippen molar-refractivity contribution >= 4 is 0 Å². The highest BCUT2D eigenvalue weighted by Gasteiger charge is 2.26. The van der Waals surface area contributed by atoms with Crippen LogP contribution < -0.4 is 0 Å². The van der Waals surface area contributed by atoms with Crippen LogP contribution in [0.3, 0.4) is 0 Å². The second-order valence-corrected chi connectivity index (χ2v) is 2.93. The highest BCUT2D eigenvalue weighted by Crippen LogP contribution is 2.40. The molecule has 12 heavy (non-hydrogen) atoms. The van der Waals surface area contributed by atoms with Crippen molar-refractivity contribution < 1.29 is 16.4 Å². The molecule has 68 valence electrons. The van der Waals surface area contributed by atoms with E-state index in [1.807, 2.05) is 0 Å². The highest BCUT2D eigenvalue weighted by atomic mass is 14.3. The highest BCUT2D eigenvalue weighted by molar-refractivity contribution is 5.13. The van der Waals surface area contributed by atoms with Crippen molar-refractivity contribution in [1.29, 1.82) is 0 Å². The van der Waals surface area contributed by atoms with E-state index in [9.17, 15) is 0 Å². The van der Waals surface area contributed by atoms with E-state index < -0.39 is 55.1 Å². The summed E-state index contributed by atoms with van der Waals surface area (Å²) >= 11 is 0. The van der Waals surface area contributed by atoms with Crippen LogP contribution in [0, 0.1) is 17.7 Å². The Hall–Kier alpha value is -0.260. The van der Waals surface area contributed by atoms with Gasteiger partial charge in [-0.05, 0) is 49.6 Å². The van der Waals surface area contributed by atoms with Crippen LogP contribution in [0.25, 0.3) is 0 Å². The molecule has 0 aromatic heterocycles. The molecule has 0 aromatic carbocycles. The number of allylic oxidation sites excluding steroid dienone is 2. The standard InChI is InChI=1S/C12H20/c1-9-3-5-12-8-10(2)4-6-11(12)7-9/h5,9-11H,3-4,6-8H2,1-2H3/i3D,4D2,6D2,7D2,8D2,9D,10D,11D.